The molecule has 7 nitrogen and oxygen atoms in total. The number of carbonyl (C=O) groups excluding carboxylic acids is 2. The van der Waals surface area contributed by atoms with Crippen LogP contribution in [0, 0.1) is 0 Å². The Labute approximate surface area is 244 Å². The van der Waals surface area contributed by atoms with Gasteiger partial charge in [-0.15, -0.1) is 0 Å². The molecule has 0 aliphatic rings. The maximum atomic E-state index is 14.0. The summed E-state index contributed by atoms with van der Waals surface area (Å²) in [6, 6.07) is 19.3. The fraction of sp³-hybridized carbons (Fsp3) is 0.286. The van der Waals surface area contributed by atoms with Gasteiger partial charge in [0, 0.05) is 24.0 Å². The first-order valence-corrected chi connectivity index (χ1v) is 15.1. The molecule has 3 aromatic carbocycles. The number of nitrogens with one attached hydrogen (secondary N) is 1. The third-order valence-corrected chi connectivity index (χ3v) is 7.93. The van der Waals surface area contributed by atoms with Crippen LogP contribution in [-0.2, 0) is 32.6 Å². The SMILES string of the molecule is CC(C)NC(=O)[C@@H](Cc1ccccc1)N(Cc1ccc(Cl)c(Cl)c1)C(=O)CN(c1cccc(Cl)c1)S(C)(=O)=O. The van der Waals surface area contributed by atoms with Crippen molar-refractivity contribution in [2.24, 2.45) is 0 Å². The van der Waals surface area contributed by atoms with Gasteiger partial charge in [0.25, 0.3) is 0 Å². The van der Waals surface area contributed by atoms with E-state index in [0.29, 0.717) is 20.6 Å². The standard InChI is InChI=1S/C28H30Cl3N3O4S/c1-19(2)32-28(36)26(15-20-8-5-4-6-9-20)33(17-21-12-13-24(30)25(31)14-21)27(35)18-34(39(3,37)38)23-11-7-10-22(29)16-23/h4-14,16,19,26H,15,17-18H2,1-3H3,(H,32,36)/t26-/m1/s1. The average molecular weight is 611 g/mol. The molecular weight excluding hydrogens is 581 g/mol. The van der Waals surface area contributed by atoms with Crippen LogP contribution < -0.4 is 9.62 Å². The molecule has 0 bridgehead atoms. The van der Waals surface area contributed by atoms with Crippen molar-refractivity contribution < 1.29 is 18.0 Å². The summed E-state index contributed by atoms with van der Waals surface area (Å²) in [5.41, 5.74) is 1.70. The largest absolute Gasteiger partial charge is 0.352 e. The summed E-state index contributed by atoms with van der Waals surface area (Å²) in [5.74, 6) is -0.942. The second-order valence-corrected chi connectivity index (χ2v) is 12.5. The van der Waals surface area contributed by atoms with Gasteiger partial charge in [-0.3, -0.25) is 13.9 Å². The first kappa shape index (κ1) is 30.8. The zero-order chi connectivity index (χ0) is 28.7. The zero-order valence-electron chi connectivity index (χ0n) is 21.8. The molecule has 0 heterocycles. The predicted molar refractivity (Wildman–Crippen MR) is 158 cm³/mol. The Morgan fingerprint density at radius 1 is 0.872 bits per heavy atom. The van der Waals surface area contributed by atoms with Crippen LogP contribution in [0.5, 0.6) is 0 Å². The highest BCUT2D eigenvalue weighted by Crippen LogP contribution is 2.26. The summed E-state index contributed by atoms with van der Waals surface area (Å²) in [4.78, 5) is 28.9. The third kappa shape index (κ3) is 8.86. The number of amides is 2. The molecule has 1 atom stereocenters. The van der Waals surface area contributed by atoms with Crippen LogP contribution in [0.15, 0.2) is 72.8 Å². The summed E-state index contributed by atoms with van der Waals surface area (Å²) in [5, 5.41) is 3.86. The van der Waals surface area contributed by atoms with Gasteiger partial charge in [-0.1, -0.05) is 77.3 Å². The highest BCUT2D eigenvalue weighted by atomic mass is 35.5. The maximum Gasteiger partial charge on any atom is 0.244 e. The van der Waals surface area contributed by atoms with Crippen LogP contribution >= 0.6 is 34.8 Å². The third-order valence-electron chi connectivity index (χ3n) is 5.81. The van der Waals surface area contributed by atoms with E-state index in [1.165, 1.54) is 11.0 Å². The first-order valence-electron chi connectivity index (χ1n) is 12.2. The van der Waals surface area contributed by atoms with Gasteiger partial charge in [0.1, 0.15) is 12.6 Å². The number of sulfonamides is 1. The molecule has 2 amide bonds. The quantitative estimate of drug-likeness (QED) is 0.307. The molecule has 0 aromatic heterocycles. The number of anilines is 1. The molecule has 0 aliphatic heterocycles. The number of carbonyl (C=O) groups is 2. The van der Waals surface area contributed by atoms with Crippen molar-refractivity contribution in [3.8, 4) is 0 Å². The topological polar surface area (TPSA) is 86.8 Å². The molecule has 11 heteroatoms. The Hall–Kier alpha value is -2.78. The molecule has 208 valence electrons. The lowest BCUT2D eigenvalue weighted by atomic mass is 10.0. The summed E-state index contributed by atoms with van der Waals surface area (Å²) in [6.45, 7) is 3.10. The molecule has 39 heavy (non-hydrogen) atoms. The predicted octanol–water partition coefficient (Wildman–Crippen LogP) is 5.58. The number of nitrogens with zero attached hydrogens (tertiary/aromatic N) is 2. The number of benzene rings is 3. The van der Waals surface area contributed by atoms with Crippen molar-refractivity contribution >= 4 is 62.3 Å². The van der Waals surface area contributed by atoms with E-state index in [1.807, 2.05) is 44.2 Å². The highest BCUT2D eigenvalue weighted by Gasteiger charge is 2.33. The smallest absolute Gasteiger partial charge is 0.244 e. The normalized spacial score (nSPS) is 12.2. The van der Waals surface area contributed by atoms with E-state index in [0.717, 1.165) is 16.1 Å². The molecule has 0 unspecified atom stereocenters. The van der Waals surface area contributed by atoms with Crippen LogP contribution in [0.1, 0.15) is 25.0 Å². The van der Waals surface area contributed by atoms with Crippen molar-refractivity contribution in [1.29, 1.82) is 0 Å². The van der Waals surface area contributed by atoms with Crippen molar-refractivity contribution in [1.82, 2.24) is 10.2 Å². The Morgan fingerprint density at radius 3 is 2.15 bits per heavy atom. The fourth-order valence-electron chi connectivity index (χ4n) is 4.01. The molecule has 0 saturated heterocycles. The molecule has 0 aliphatic carbocycles. The highest BCUT2D eigenvalue weighted by molar-refractivity contribution is 7.92. The van der Waals surface area contributed by atoms with E-state index in [9.17, 15) is 18.0 Å². The summed E-state index contributed by atoms with van der Waals surface area (Å²) in [7, 11) is -3.88. The minimum Gasteiger partial charge on any atom is -0.352 e. The Morgan fingerprint density at radius 2 is 1.56 bits per heavy atom. The minimum absolute atomic E-state index is 0.00805. The molecule has 1 N–H and O–H groups in total. The monoisotopic (exact) mass is 609 g/mol. The van der Waals surface area contributed by atoms with Crippen molar-refractivity contribution in [2.45, 2.75) is 38.9 Å². The van der Waals surface area contributed by atoms with Crippen LogP contribution in [0.3, 0.4) is 0 Å². The van der Waals surface area contributed by atoms with E-state index in [2.05, 4.69) is 5.32 Å². The second-order valence-electron chi connectivity index (χ2n) is 9.39. The molecule has 0 saturated carbocycles. The second kappa shape index (κ2) is 13.5. The van der Waals surface area contributed by atoms with Gasteiger partial charge in [0.2, 0.25) is 21.8 Å². The Kier molecular flexibility index (Phi) is 10.7. The fourth-order valence-corrected chi connectivity index (χ4v) is 5.36. The maximum absolute atomic E-state index is 14.0. The molecule has 3 aromatic rings. The van der Waals surface area contributed by atoms with E-state index in [1.54, 1.807) is 36.4 Å². The lowest BCUT2D eigenvalue weighted by Gasteiger charge is -2.34. The molecular formula is C28H30Cl3N3O4S. The van der Waals surface area contributed by atoms with Gasteiger partial charge in [0.15, 0.2) is 0 Å². The number of halogens is 3. The van der Waals surface area contributed by atoms with E-state index in [4.69, 9.17) is 34.8 Å². The first-order chi connectivity index (χ1) is 18.3. The van der Waals surface area contributed by atoms with Gasteiger partial charge in [-0.2, -0.15) is 0 Å². The molecule has 0 spiro atoms. The summed E-state index contributed by atoms with van der Waals surface area (Å²) >= 11 is 18.4. The van der Waals surface area contributed by atoms with Crippen LogP contribution in [0.2, 0.25) is 15.1 Å². The molecule has 0 radical (unpaired) electrons. The van der Waals surface area contributed by atoms with Gasteiger partial charge < -0.3 is 10.2 Å². The number of rotatable bonds is 11. The van der Waals surface area contributed by atoms with Gasteiger partial charge in [0.05, 0.1) is 22.0 Å². The summed E-state index contributed by atoms with van der Waals surface area (Å²) in [6.07, 6.45) is 1.22. The minimum atomic E-state index is -3.88. The Bertz CT molecular complexity index is 1420. The van der Waals surface area contributed by atoms with Crippen molar-refractivity contribution in [3.05, 3.63) is 99.0 Å². The van der Waals surface area contributed by atoms with Crippen LogP contribution in [0.25, 0.3) is 0 Å². The van der Waals surface area contributed by atoms with Gasteiger partial charge in [-0.25, -0.2) is 8.42 Å². The lowest BCUT2D eigenvalue weighted by Crippen LogP contribution is -2.54. The van der Waals surface area contributed by atoms with E-state index < -0.39 is 28.5 Å². The zero-order valence-corrected chi connectivity index (χ0v) is 24.9. The number of hydrogen-bond donors (Lipinski definition) is 1. The Balaban J connectivity index is 2.07. The summed E-state index contributed by atoms with van der Waals surface area (Å²) < 4.78 is 26.5. The molecule has 3 rings (SSSR count). The average Bonchev–Trinajstić information content (AvgIpc) is 2.86. The van der Waals surface area contributed by atoms with Crippen molar-refractivity contribution in [3.63, 3.8) is 0 Å². The van der Waals surface area contributed by atoms with E-state index in [-0.39, 0.29) is 30.6 Å². The van der Waals surface area contributed by atoms with Gasteiger partial charge in [-0.05, 0) is 55.3 Å². The van der Waals surface area contributed by atoms with Crippen LogP contribution in [-0.4, -0.2) is 50.0 Å². The lowest BCUT2D eigenvalue weighted by molar-refractivity contribution is -0.140. The van der Waals surface area contributed by atoms with Crippen LogP contribution in [0.4, 0.5) is 5.69 Å². The van der Waals surface area contributed by atoms with Gasteiger partial charge >= 0.3 is 0 Å². The van der Waals surface area contributed by atoms with Crippen molar-refractivity contribution in [2.75, 3.05) is 17.1 Å². The molecule has 0 fully saturated rings. The van der Waals surface area contributed by atoms with E-state index >= 15 is 0 Å². The number of hydrogen-bond acceptors (Lipinski definition) is 4.